The van der Waals surface area contributed by atoms with Crippen LogP contribution in [0.3, 0.4) is 0 Å². The van der Waals surface area contributed by atoms with Crippen molar-refractivity contribution >= 4 is 63.8 Å². The first-order chi connectivity index (χ1) is 16.1. The molecule has 0 saturated carbocycles. The number of carbonyl (C=O) groups excluding carboxylic acids is 3. The fraction of sp³-hybridized carbons (Fsp3) is 0.160. The highest BCUT2D eigenvalue weighted by Gasteiger charge is 2.36. The van der Waals surface area contributed by atoms with Crippen molar-refractivity contribution in [2.75, 3.05) is 11.9 Å². The molecule has 1 N–H and O–H groups in total. The number of furan rings is 1. The summed E-state index contributed by atoms with van der Waals surface area (Å²) in [6.45, 7) is 5.39. The van der Waals surface area contributed by atoms with Gasteiger partial charge in [-0.15, -0.1) is 0 Å². The fourth-order valence-corrected chi connectivity index (χ4v) is 5.05. The standard InChI is InChI=1S/C25H20Cl2N2O4S/c1-13-8-14(2)23(15(3)9-13)28-22(30)12-29-24(31)21(34-25(29)32)11-17-5-7-20(33-17)18-6-4-16(26)10-19(18)27/h4-11H,12H2,1-3H3,(H,28,30)/b21-11+. The van der Waals surface area contributed by atoms with Crippen LogP contribution in [0.15, 0.2) is 51.8 Å². The van der Waals surface area contributed by atoms with Gasteiger partial charge in [-0.2, -0.15) is 0 Å². The Bertz CT molecular complexity index is 1340. The van der Waals surface area contributed by atoms with Crippen molar-refractivity contribution in [2.45, 2.75) is 20.8 Å². The number of thioether (sulfide) groups is 1. The fourth-order valence-electron chi connectivity index (χ4n) is 3.73. The molecule has 1 fully saturated rings. The molecule has 1 saturated heterocycles. The molecule has 2 heterocycles. The molecular formula is C25H20Cl2N2O4S. The second-order valence-corrected chi connectivity index (χ2v) is 9.75. The van der Waals surface area contributed by atoms with E-state index in [1.165, 1.54) is 6.08 Å². The van der Waals surface area contributed by atoms with E-state index >= 15 is 0 Å². The monoisotopic (exact) mass is 514 g/mol. The number of anilines is 1. The van der Waals surface area contributed by atoms with E-state index in [4.69, 9.17) is 27.6 Å². The number of hydrogen-bond donors (Lipinski definition) is 1. The molecule has 1 aliphatic heterocycles. The van der Waals surface area contributed by atoms with Crippen molar-refractivity contribution in [1.29, 1.82) is 0 Å². The lowest BCUT2D eigenvalue weighted by Crippen LogP contribution is -2.36. The smallest absolute Gasteiger partial charge is 0.294 e. The van der Waals surface area contributed by atoms with Crippen molar-refractivity contribution in [3.05, 3.63) is 79.9 Å². The molecule has 0 radical (unpaired) electrons. The topological polar surface area (TPSA) is 79.6 Å². The van der Waals surface area contributed by atoms with Crippen molar-refractivity contribution < 1.29 is 18.8 Å². The zero-order valence-electron chi connectivity index (χ0n) is 18.6. The van der Waals surface area contributed by atoms with Crippen molar-refractivity contribution in [3.8, 4) is 11.3 Å². The number of carbonyl (C=O) groups is 3. The van der Waals surface area contributed by atoms with E-state index in [-0.39, 0.29) is 11.4 Å². The van der Waals surface area contributed by atoms with Crippen molar-refractivity contribution in [3.63, 3.8) is 0 Å². The Labute approximate surface area is 210 Å². The SMILES string of the molecule is Cc1cc(C)c(NC(=O)CN2C(=O)S/C(=C/c3ccc(-c4ccc(Cl)cc4Cl)o3)C2=O)c(C)c1. The molecule has 34 heavy (non-hydrogen) atoms. The lowest BCUT2D eigenvalue weighted by molar-refractivity contribution is -0.127. The molecule has 174 valence electrons. The van der Waals surface area contributed by atoms with Crippen LogP contribution in [0.5, 0.6) is 0 Å². The van der Waals surface area contributed by atoms with Crippen LogP contribution in [-0.2, 0) is 9.59 Å². The molecule has 3 aromatic rings. The van der Waals surface area contributed by atoms with Gasteiger partial charge in [0.15, 0.2) is 0 Å². The summed E-state index contributed by atoms with van der Waals surface area (Å²) in [5.41, 5.74) is 4.24. The van der Waals surface area contributed by atoms with Gasteiger partial charge < -0.3 is 9.73 Å². The lowest BCUT2D eigenvalue weighted by Gasteiger charge is -2.15. The van der Waals surface area contributed by atoms with Crippen LogP contribution in [0.25, 0.3) is 17.4 Å². The number of nitrogens with zero attached hydrogens (tertiary/aromatic N) is 1. The first kappa shape index (κ1) is 24.1. The molecule has 0 spiro atoms. The van der Waals surface area contributed by atoms with Gasteiger partial charge in [0.2, 0.25) is 5.91 Å². The van der Waals surface area contributed by atoms with Gasteiger partial charge in [0.05, 0.1) is 9.93 Å². The molecule has 6 nitrogen and oxygen atoms in total. The minimum atomic E-state index is -0.551. The minimum Gasteiger partial charge on any atom is -0.457 e. The summed E-state index contributed by atoms with van der Waals surface area (Å²) in [6.07, 6.45) is 1.48. The maximum Gasteiger partial charge on any atom is 0.294 e. The van der Waals surface area contributed by atoms with Gasteiger partial charge in [0.1, 0.15) is 18.1 Å². The summed E-state index contributed by atoms with van der Waals surface area (Å²) in [5.74, 6) is -0.126. The normalized spacial score (nSPS) is 14.9. The molecular weight excluding hydrogens is 495 g/mol. The Hall–Kier alpha value is -3.00. The number of amides is 3. The van der Waals surface area contributed by atoms with E-state index in [2.05, 4.69) is 5.32 Å². The van der Waals surface area contributed by atoms with Gasteiger partial charge in [-0.3, -0.25) is 19.3 Å². The summed E-state index contributed by atoms with van der Waals surface area (Å²) >= 11 is 12.9. The number of hydrogen-bond acceptors (Lipinski definition) is 5. The van der Waals surface area contributed by atoms with Crippen LogP contribution in [0.4, 0.5) is 10.5 Å². The predicted molar refractivity (Wildman–Crippen MR) is 136 cm³/mol. The number of rotatable bonds is 5. The Morgan fingerprint density at radius 3 is 2.44 bits per heavy atom. The molecule has 1 aromatic heterocycles. The predicted octanol–water partition coefficient (Wildman–Crippen LogP) is 6.85. The van der Waals surface area contributed by atoms with Crippen LogP contribution in [-0.4, -0.2) is 28.5 Å². The second kappa shape index (κ2) is 9.70. The third-order valence-electron chi connectivity index (χ3n) is 5.21. The molecule has 0 aliphatic carbocycles. The first-order valence-electron chi connectivity index (χ1n) is 10.3. The molecule has 0 bridgehead atoms. The highest BCUT2D eigenvalue weighted by atomic mass is 35.5. The number of imide groups is 1. The summed E-state index contributed by atoms with van der Waals surface area (Å²) in [6, 6.07) is 12.3. The van der Waals surface area contributed by atoms with Crippen LogP contribution in [0, 0.1) is 20.8 Å². The maximum absolute atomic E-state index is 12.8. The van der Waals surface area contributed by atoms with Gasteiger partial charge in [-0.05, 0) is 74.0 Å². The van der Waals surface area contributed by atoms with Gasteiger partial charge in [-0.25, -0.2) is 0 Å². The summed E-state index contributed by atoms with van der Waals surface area (Å²) < 4.78 is 5.79. The molecule has 4 rings (SSSR count). The average molecular weight is 515 g/mol. The van der Waals surface area contributed by atoms with E-state index in [9.17, 15) is 14.4 Å². The quantitative estimate of drug-likeness (QED) is 0.376. The Morgan fingerprint density at radius 1 is 1.06 bits per heavy atom. The molecule has 1 aliphatic rings. The van der Waals surface area contributed by atoms with E-state index in [1.807, 2.05) is 32.9 Å². The average Bonchev–Trinajstić information content (AvgIpc) is 3.31. The van der Waals surface area contributed by atoms with E-state index in [0.29, 0.717) is 32.8 Å². The largest absolute Gasteiger partial charge is 0.457 e. The molecule has 0 atom stereocenters. The van der Waals surface area contributed by atoms with Gasteiger partial charge in [-0.1, -0.05) is 40.9 Å². The number of nitrogens with one attached hydrogen (secondary N) is 1. The first-order valence-corrected chi connectivity index (χ1v) is 11.9. The van der Waals surface area contributed by atoms with Crippen LogP contribution in [0.1, 0.15) is 22.5 Å². The lowest BCUT2D eigenvalue weighted by atomic mass is 10.1. The van der Waals surface area contributed by atoms with Crippen LogP contribution >= 0.6 is 35.0 Å². The number of aryl methyl sites for hydroxylation is 3. The Kier molecular flexibility index (Phi) is 6.89. The van der Waals surface area contributed by atoms with E-state index < -0.39 is 17.1 Å². The third-order valence-corrected chi connectivity index (χ3v) is 6.67. The third kappa shape index (κ3) is 5.06. The molecule has 3 amide bonds. The maximum atomic E-state index is 12.8. The van der Waals surface area contributed by atoms with Crippen molar-refractivity contribution in [2.24, 2.45) is 0 Å². The Balaban J connectivity index is 1.48. The zero-order valence-corrected chi connectivity index (χ0v) is 20.9. The van der Waals surface area contributed by atoms with Crippen LogP contribution in [0.2, 0.25) is 10.0 Å². The summed E-state index contributed by atoms with van der Waals surface area (Å²) in [4.78, 5) is 39.0. The second-order valence-electron chi connectivity index (χ2n) is 7.92. The Morgan fingerprint density at radius 2 is 1.76 bits per heavy atom. The number of halogens is 2. The molecule has 0 unspecified atom stereocenters. The van der Waals surface area contributed by atoms with E-state index in [0.717, 1.165) is 33.4 Å². The van der Waals surface area contributed by atoms with Crippen molar-refractivity contribution in [1.82, 2.24) is 4.90 Å². The highest BCUT2D eigenvalue weighted by molar-refractivity contribution is 8.18. The molecule has 2 aromatic carbocycles. The van der Waals surface area contributed by atoms with Gasteiger partial charge in [0, 0.05) is 22.3 Å². The van der Waals surface area contributed by atoms with E-state index in [1.54, 1.807) is 30.3 Å². The zero-order chi connectivity index (χ0) is 24.6. The summed E-state index contributed by atoms with van der Waals surface area (Å²) in [5, 5.41) is 3.23. The van der Waals surface area contributed by atoms with Gasteiger partial charge in [0.25, 0.3) is 11.1 Å². The highest BCUT2D eigenvalue weighted by Crippen LogP contribution is 2.35. The molecule has 9 heteroatoms. The summed E-state index contributed by atoms with van der Waals surface area (Å²) in [7, 11) is 0. The van der Waals surface area contributed by atoms with Gasteiger partial charge >= 0.3 is 0 Å². The van der Waals surface area contributed by atoms with Crippen LogP contribution < -0.4 is 5.32 Å². The number of benzene rings is 2. The minimum absolute atomic E-state index is 0.170.